The smallest absolute Gasteiger partial charge is 0.167 e. The van der Waals surface area contributed by atoms with Crippen molar-refractivity contribution >= 4 is 0 Å². The molecule has 0 aliphatic heterocycles. The van der Waals surface area contributed by atoms with Crippen LogP contribution in [0.25, 0.3) is 11.1 Å². The molecule has 0 nitrogen and oxygen atoms in total. The largest absolute Gasteiger partial charge is 0.203 e. The molecule has 0 saturated heterocycles. The van der Waals surface area contributed by atoms with Gasteiger partial charge in [-0.1, -0.05) is 44.5 Å². The van der Waals surface area contributed by atoms with Crippen molar-refractivity contribution in [1.29, 1.82) is 0 Å². The normalized spacial score (nSPS) is 20.4. The molecule has 3 rings (SSSR count). The highest BCUT2D eigenvalue weighted by Gasteiger charge is 2.27. The van der Waals surface area contributed by atoms with Crippen LogP contribution in [0.2, 0.25) is 0 Å². The van der Waals surface area contributed by atoms with Crippen LogP contribution < -0.4 is 0 Å². The second-order valence-corrected chi connectivity index (χ2v) is 7.21. The Morgan fingerprint density at radius 3 is 1.88 bits per heavy atom. The standard InChI is InChI=1S/C22H24F4/c1-3-13-5-7-15(8-6-13)16-11-12-18(22(26)20(16)24)17-10-9-14(4-2)19(23)21(17)25/h9-13,15H,3-8H2,1-2H3/t13-,15-. The molecule has 140 valence electrons. The van der Waals surface area contributed by atoms with Crippen LogP contribution in [0.3, 0.4) is 0 Å². The molecule has 1 aliphatic carbocycles. The van der Waals surface area contributed by atoms with E-state index in [-0.39, 0.29) is 22.6 Å². The third kappa shape index (κ3) is 3.38. The van der Waals surface area contributed by atoms with E-state index in [1.165, 1.54) is 24.3 Å². The maximum Gasteiger partial charge on any atom is 0.167 e. The molecule has 1 aliphatic rings. The van der Waals surface area contributed by atoms with Gasteiger partial charge < -0.3 is 0 Å². The van der Waals surface area contributed by atoms with Crippen LogP contribution in [0.4, 0.5) is 17.6 Å². The van der Waals surface area contributed by atoms with Gasteiger partial charge in [-0.25, -0.2) is 17.6 Å². The van der Waals surface area contributed by atoms with E-state index in [0.717, 1.165) is 32.1 Å². The minimum Gasteiger partial charge on any atom is -0.203 e. The minimum absolute atomic E-state index is 0.00889. The average Bonchev–Trinajstić information content (AvgIpc) is 2.67. The van der Waals surface area contributed by atoms with E-state index in [9.17, 15) is 17.6 Å². The Morgan fingerprint density at radius 1 is 0.731 bits per heavy atom. The molecule has 2 aromatic carbocycles. The zero-order valence-corrected chi connectivity index (χ0v) is 15.2. The van der Waals surface area contributed by atoms with E-state index in [4.69, 9.17) is 0 Å². The molecular weight excluding hydrogens is 340 g/mol. The van der Waals surface area contributed by atoms with E-state index in [1.54, 1.807) is 6.92 Å². The van der Waals surface area contributed by atoms with E-state index < -0.39 is 23.3 Å². The maximum absolute atomic E-state index is 14.7. The maximum atomic E-state index is 14.7. The predicted octanol–water partition coefficient (Wildman–Crippen LogP) is 7.16. The average molecular weight is 364 g/mol. The van der Waals surface area contributed by atoms with Gasteiger partial charge in [-0.05, 0) is 55.1 Å². The molecule has 0 heterocycles. The Labute approximate surface area is 152 Å². The van der Waals surface area contributed by atoms with E-state index in [2.05, 4.69) is 6.92 Å². The number of aryl methyl sites for hydroxylation is 1. The molecule has 0 N–H and O–H groups in total. The van der Waals surface area contributed by atoms with Crippen LogP contribution in [0, 0.1) is 29.2 Å². The van der Waals surface area contributed by atoms with Gasteiger partial charge >= 0.3 is 0 Å². The summed E-state index contributed by atoms with van der Waals surface area (Å²) in [7, 11) is 0. The Balaban J connectivity index is 1.95. The highest BCUT2D eigenvalue weighted by atomic mass is 19.2. The summed E-state index contributed by atoms with van der Waals surface area (Å²) in [6, 6.07) is 5.66. The van der Waals surface area contributed by atoms with Gasteiger partial charge in [-0.2, -0.15) is 0 Å². The van der Waals surface area contributed by atoms with E-state index >= 15 is 0 Å². The van der Waals surface area contributed by atoms with Crippen LogP contribution >= 0.6 is 0 Å². The van der Waals surface area contributed by atoms with Crippen molar-refractivity contribution in [2.24, 2.45) is 5.92 Å². The van der Waals surface area contributed by atoms with Gasteiger partial charge in [0.1, 0.15) is 0 Å². The Morgan fingerprint density at radius 2 is 1.31 bits per heavy atom. The molecule has 0 bridgehead atoms. The topological polar surface area (TPSA) is 0 Å². The summed E-state index contributed by atoms with van der Waals surface area (Å²) in [5.41, 5.74) is 0.105. The van der Waals surface area contributed by atoms with Crippen LogP contribution in [0.15, 0.2) is 24.3 Å². The van der Waals surface area contributed by atoms with Gasteiger partial charge in [-0.15, -0.1) is 0 Å². The number of halogens is 4. The summed E-state index contributed by atoms with van der Waals surface area (Å²) in [4.78, 5) is 0. The van der Waals surface area contributed by atoms with Crippen molar-refractivity contribution in [2.45, 2.75) is 58.3 Å². The fourth-order valence-corrected chi connectivity index (χ4v) is 4.04. The van der Waals surface area contributed by atoms with Gasteiger partial charge in [0.25, 0.3) is 0 Å². The lowest BCUT2D eigenvalue weighted by molar-refractivity contribution is 0.312. The Kier molecular flexibility index (Phi) is 5.69. The van der Waals surface area contributed by atoms with Crippen molar-refractivity contribution in [3.05, 3.63) is 58.7 Å². The monoisotopic (exact) mass is 364 g/mol. The first kappa shape index (κ1) is 18.9. The number of rotatable bonds is 4. The quantitative estimate of drug-likeness (QED) is 0.505. The molecule has 4 heteroatoms. The molecule has 0 spiro atoms. The van der Waals surface area contributed by atoms with Crippen molar-refractivity contribution in [1.82, 2.24) is 0 Å². The molecule has 1 saturated carbocycles. The lowest BCUT2D eigenvalue weighted by Crippen LogP contribution is -2.14. The first-order valence-corrected chi connectivity index (χ1v) is 9.42. The molecular formula is C22H24F4. The summed E-state index contributed by atoms with van der Waals surface area (Å²) in [5.74, 6) is -3.49. The minimum atomic E-state index is -1.13. The Bertz CT molecular complexity index is 789. The fraction of sp³-hybridized carbons (Fsp3) is 0.455. The van der Waals surface area contributed by atoms with Crippen LogP contribution in [-0.2, 0) is 6.42 Å². The highest BCUT2D eigenvalue weighted by molar-refractivity contribution is 5.66. The van der Waals surface area contributed by atoms with Crippen molar-refractivity contribution < 1.29 is 17.6 Å². The first-order chi connectivity index (χ1) is 12.5. The lowest BCUT2D eigenvalue weighted by Gasteiger charge is -2.28. The van der Waals surface area contributed by atoms with Crippen LogP contribution in [-0.4, -0.2) is 0 Å². The lowest BCUT2D eigenvalue weighted by atomic mass is 9.77. The third-order valence-corrected chi connectivity index (χ3v) is 5.81. The zero-order chi connectivity index (χ0) is 18.8. The fourth-order valence-electron chi connectivity index (χ4n) is 4.04. The second-order valence-electron chi connectivity index (χ2n) is 7.21. The molecule has 1 fully saturated rings. The van der Waals surface area contributed by atoms with E-state index in [0.29, 0.717) is 17.9 Å². The van der Waals surface area contributed by atoms with Gasteiger partial charge in [0.15, 0.2) is 23.3 Å². The second kappa shape index (κ2) is 7.81. The van der Waals surface area contributed by atoms with Gasteiger partial charge in [0.05, 0.1) is 0 Å². The van der Waals surface area contributed by atoms with Crippen molar-refractivity contribution in [3.8, 4) is 11.1 Å². The first-order valence-electron chi connectivity index (χ1n) is 9.42. The van der Waals surface area contributed by atoms with Crippen molar-refractivity contribution in [3.63, 3.8) is 0 Å². The molecule has 2 aromatic rings. The summed E-state index contributed by atoms with van der Waals surface area (Å²) in [5, 5.41) is 0. The number of hydrogen-bond donors (Lipinski definition) is 0. The SMILES string of the molecule is CCc1ccc(-c2ccc([C@H]3CC[C@H](CC)CC3)c(F)c2F)c(F)c1F. The summed E-state index contributed by atoms with van der Waals surface area (Å²) in [6.45, 7) is 3.86. The third-order valence-electron chi connectivity index (χ3n) is 5.81. The molecule has 0 unspecified atom stereocenters. The van der Waals surface area contributed by atoms with E-state index in [1.807, 2.05) is 0 Å². The molecule has 0 amide bonds. The Hall–Kier alpha value is -1.84. The summed E-state index contributed by atoms with van der Waals surface area (Å²) < 4.78 is 57.7. The molecule has 0 aromatic heterocycles. The molecule has 0 radical (unpaired) electrons. The van der Waals surface area contributed by atoms with Gasteiger partial charge in [-0.3, -0.25) is 0 Å². The predicted molar refractivity (Wildman–Crippen MR) is 96.1 cm³/mol. The van der Waals surface area contributed by atoms with Crippen molar-refractivity contribution in [2.75, 3.05) is 0 Å². The molecule has 0 atom stereocenters. The zero-order valence-electron chi connectivity index (χ0n) is 15.2. The molecule has 26 heavy (non-hydrogen) atoms. The number of benzene rings is 2. The van der Waals surface area contributed by atoms with Gasteiger partial charge in [0.2, 0.25) is 0 Å². The summed E-state index contributed by atoms with van der Waals surface area (Å²) in [6.07, 6.45) is 5.15. The summed E-state index contributed by atoms with van der Waals surface area (Å²) >= 11 is 0. The van der Waals surface area contributed by atoms with Gasteiger partial charge in [0, 0.05) is 11.1 Å². The number of hydrogen-bond acceptors (Lipinski definition) is 0. The highest BCUT2D eigenvalue weighted by Crippen LogP contribution is 2.40. The van der Waals surface area contributed by atoms with Crippen LogP contribution in [0.5, 0.6) is 0 Å². The van der Waals surface area contributed by atoms with Crippen LogP contribution in [0.1, 0.15) is 63.0 Å².